The monoisotopic (exact) mass is 186 g/mol. The molecule has 0 bridgehead atoms. The molecule has 0 fully saturated rings. The first kappa shape index (κ1) is 12.5. The Morgan fingerprint density at radius 1 is 1.00 bits per heavy atom. The molecule has 0 amide bonds. The third kappa shape index (κ3) is 10.5. The van der Waals surface area contributed by atoms with Crippen LogP contribution in [0.25, 0.3) is 0 Å². The van der Waals surface area contributed by atoms with Crippen molar-refractivity contribution in [2.24, 2.45) is 0 Å². The van der Waals surface area contributed by atoms with E-state index in [1.54, 1.807) is 0 Å². The maximum atomic E-state index is 5.26. The van der Waals surface area contributed by atoms with Crippen LogP contribution in [0, 0.1) is 0 Å². The van der Waals surface area contributed by atoms with E-state index in [9.17, 15) is 0 Å². The fourth-order valence-electron chi connectivity index (χ4n) is 1.20. The molecule has 12 heavy (non-hydrogen) atoms. The van der Waals surface area contributed by atoms with Crippen LogP contribution in [0.2, 0.25) is 5.28 Å². The van der Waals surface area contributed by atoms with Gasteiger partial charge in [0.25, 0.3) is 0 Å². The van der Waals surface area contributed by atoms with E-state index >= 15 is 0 Å². The van der Waals surface area contributed by atoms with Gasteiger partial charge in [-0.25, -0.2) is 0 Å². The van der Waals surface area contributed by atoms with E-state index in [1.807, 2.05) is 0 Å². The molecular weight excluding hydrogens is 163 g/mol. The molecule has 0 saturated heterocycles. The van der Waals surface area contributed by atoms with E-state index < -0.39 is 0 Å². The molecule has 2 heteroatoms. The minimum Gasteiger partial charge on any atom is -1.00 e. The SMILES string of the molecule is CCOCCCCCCC[CH2][Al+2].[H-].[H-]. The van der Waals surface area contributed by atoms with Gasteiger partial charge in [-0.3, -0.25) is 0 Å². The predicted molar refractivity (Wildman–Crippen MR) is 57.0 cm³/mol. The zero-order chi connectivity index (χ0) is 9.07. The number of rotatable bonds is 9. The molecule has 0 spiro atoms. The summed E-state index contributed by atoms with van der Waals surface area (Å²) < 4.78 is 5.26. The van der Waals surface area contributed by atoms with Crippen LogP contribution in [-0.2, 0) is 4.74 Å². The van der Waals surface area contributed by atoms with Crippen molar-refractivity contribution in [1.29, 1.82) is 0 Å². The van der Waals surface area contributed by atoms with Gasteiger partial charge in [0.1, 0.15) is 0 Å². The smallest absolute Gasteiger partial charge is 1.00 e. The topological polar surface area (TPSA) is 9.23 Å². The number of unbranched alkanes of at least 4 members (excludes halogenated alkanes) is 5. The summed E-state index contributed by atoms with van der Waals surface area (Å²) in [6.07, 6.45) is 8.15. The zero-order valence-corrected chi connectivity index (χ0v) is 9.50. The molecule has 0 aromatic heterocycles. The number of hydrogen-bond acceptors (Lipinski definition) is 1. The second-order valence-corrected chi connectivity index (χ2v) is 3.68. The summed E-state index contributed by atoms with van der Waals surface area (Å²) in [5, 5.41) is 1.26. The predicted octanol–water partition coefficient (Wildman–Crippen LogP) is 3.18. The summed E-state index contributed by atoms with van der Waals surface area (Å²) in [6, 6.07) is 0. The van der Waals surface area contributed by atoms with Crippen molar-refractivity contribution < 1.29 is 7.59 Å². The first-order chi connectivity index (χ1) is 5.91. The number of hydrogen-bond donors (Lipinski definition) is 0. The maximum Gasteiger partial charge on any atom is -1.00 e. The van der Waals surface area contributed by atoms with Gasteiger partial charge in [0.05, 0.1) is 0 Å². The zero-order valence-electron chi connectivity index (χ0n) is 10.3. The molecule has 0 aliphatic carbocycles. The van der Waals surface area contributed by atoms with Crippen molar-refractivity contribution in [3.8, 4) is 0 Å². The summed E-state index contributed by atoms with van der Waals surface area (Å²) >= 11 is 2.78. The van der Waals surface area contributed by atoms with Crippen molar-refractivity contribution in [3.63, 3.8) is 0 Å². The van der Waals surface area contributed by atoms with Gasteiger partial charge < -0.3 is 2.85 Å². The Hall–Kier alpha value is 0.492. The van der Waals surface area contributed by atoms with Crippen LogP contribution in [-0.4, -0.2) is 29.5 Å². The van der Waals surface area contributed by atoms with E-state index in [1.165, 1.54) is 43.8 Å². The number of ether oxygens (including phenoxy) is 1. The van der Waals surface area contributed by atoms with E-state index in [4.69, 9.17) is 4.74 Å². The standard InChI is InChI=1S/C10H21O.Al.2H/c1-3-5-6-7-8-9-10-11-4-2;;;/h1,3-10H2,2H3;;;/q;+2;2*-1. The van der Waals surface area contributed by atoms with Crippen LogP contribution in [0.4, 0.5) is 0 Å². The molecule has 0 aromatic carbocycles. The first-order valence-corrected chi connectivity index (χ1v) is 6.01. The van der Waals surface area contributed by atoms with Crippen molar-refractivity contribution in [3.05, 3.63) is 0 Å². The van der Waals surface area contributed by atoms with Crippen molar-refractivity contribution in [1.82, 2.24) is 0 Å². The molecule has 0 radical (unpaired) electrons. The maximum absolute atomic E-state index is 5.26. The summed E-state index contributed by atoms with van der Waals surface area (Å²) in [5.74, 6) is 0. The minimum absolute atomic E-state index is 0. The summed E-state index contributed by atoms with van der Waals surface area (Å²) in [7, 11) is 0. The van der Waals surface area contributed by atoms with Crippen LogP contribution in [0.1, 0.15) is 48.3 Å². The van der Waals surface area contributed by atoms with Crippen molar-refractivity contribution >= 4 is 16.3 Å². The Labute approximate surface area is 88.3 Å². The molecule has 0 heterocycles. The second kappa shape index (κ2) is 11.5. The van der Waals surface area contributed by atoms with Gasteiger partial charge in [-0.2, -0.15) is 0 Å². The normalized spacial score (nSPS) is 10.6. The van der Waals surface area contributed by atoms with Gasteiger partial charge in [0.15, 0.2) is 0 Å². The fourth-order valence-corrected chi connectivity index (χ4v) is 1.49. The average molecular weight is 186 g/mol. The molecule has 0 aliphatic heterocycles. The van der Waals surface area contributed by atoms with Crippen LogP contribution >= 0.6 is 0 Å². The first-order valence-electron chi connectivity index (χ1n) is 5.19. The quantitative estimate of drug-likeness (QED) is 0.397. The van der Waals surface area contributed by atoms with Crippen LogP contribution in [0.5, 0.6) is 0 Å². The Bertz CT molecular complexity index is 74.5. The molecule has 0 unspecified atom stereocenters. The molecule has 0 N–H and O–H groups in total. The third-order valence-corrected chi connectivity index (χ3v) is 2.36. The largest absolute Gasteiger partial charge is 1.00 e. The molecule has 0 rings (SSSR count). The van der Waals surface area contributed by atoms with Gasteiger partial charge in [0, 0.05) is 0 Å². The second-order valence-electron chi connectivity index (χ2n) is 3.11. The molecule has 72 valence electrons. The minimum atomic E-state index is 0. The average Bonchev–Trinajstić information content (AvgIpc) is 2.10. The Morgan fingerprint density at radius 3 is 2.17 bits per heavy atom. The van der Waals surface area contributed by atoms with E-state index in [0.717, 1.165) is 13.2 Å². The molecule has 0 aliphatic rings. The van der Waals surface area contributed by atoms with Crippen molar-refractivity contribution in [2.75, 3.05) is 13.2 Å². The molecular formula is C10H23AlO. The molecule has 0 atom stereocenters. The Balaban J connectivity index is -0.000000605. The Morgan fingerprint density at radius 2 is 1.58 bits per heavy atom. The van der Waals surface area contributed by atoms with Gasteiger partial charge in [-0.15, -0.1) is 0 Å². The summed E-state index contributed by atoms with van der Waals surface area (Å²) in [6.45, 7) is 3.88. The van der Waals surface area contributed by atoms with Gasteiger partial charge in [-0.1, -0.05) is 0 Å². The molecule has 1 nitrogen and oxygen atoms in total. The fraction of sp³-hybridized carbons (Fsp3) is 1.00. The van der Waals surface area contributed by atoms with Crippen molar-refractivity contribution in [2.45, 2.75) is 50.7 Å². The van der Waals surface area contributed by atoms with E-state index in [-0.39, 0.29) is 2.85 Å². The Kier molecular flexibility index (Phi) is 12.0. The van der Waals surface area contributed by atoms with Crippen LogP contribution in [0.3, 0.4) is 0 Å². The van der Waals surface area contributed by atoms with Crippen LogP contribution in [0.15, 0.2) is 0 Å². The molecule has 0 saturated carbocycles. The molecule has 0 aromatic rings. The summed E-state index contributed by atoms with van der Waals surface area (Å²) in [5.41, 5.74) is 0. The third-order valence-electron chi connectivity index (χ3n) is 1.95. The van der Waals surface area contributed by atoms with Gasteiger partial charge in [-0.05, 0) is 0 Å². The van der Waals surface area contributed by atoms with Gasteiger partial charge in [0.2, 0.25) is 0 Å². The summed E-state index contributed by atoms with van der Waals surface area (Å²) in [4.78, 5) is 0. The van der Waals surface area contributed by atoms with E-state index in [2.05, 4.69) is 23.2 Å². The van der Waals surface area contributed by atoms with E-state index in [0.29, 0.717) is 0 Å². The van der Waals surface area contributed by atoms with Crippen LogP contribution < -0.4 is 0 Å². The van der Waals surface area contributed by atoms with Gasteiger partial charge >= 0.3 is 85.0 Å².